The van der Waals surface area contributed by atoms with Crippen molar-refractivity contribution in [3.63, 3.8) is 0 Å². The Hall–Kier alpha value is -1.84. The second kappa shape index (κ2) is 10.0. The van der Waals surface area contributed by atoms with Gasteiger partial charge in [0.15, 0.2) is 0 Å². The van der Waals surface area contributed by atoms with Crippen LogP contribution < -0.4 is 9.47 Å². The molecule has 1 aromatic rings. The second-order valence-electron chi connectivity index (χ2n) is 12.2. The Balaban J connectivity index is 1.73. The molecule has 0 radical (unpaired) electrons. The summed E-state index contributed by atoms with van der Waals surface area (Å²) in [5, 5.41) is 0. The van der Waals surface area contributed by atoms with Gasteiger partial charge in [-0.25, -0.2) is 0 Å². The predicted molar refractivity (Wildman–Crippen MR) is 136 cm³/mol. The van der Waals surface area contributed by atoms with Crippen LogP contribution in [0.15, 0.2) is 12.1 Å². The van der Waals surface area contributed by atoms with Crippen LogP contribution in [0.2, 0.25) is 0 Å². The van der Waals surface area contributed by atoms with Gasteiger partial charge in [0.05, 0.1) is 5.92 Å². The van der Waals surface area contributed by atoms with Crippen molar-refractivity contribution < 1.29 is 19.1 Å². The number of carbonyl (C=O) groups is 2. The van der Waals surface area contributed by atoms with Gasteiger partial charge in [0, 0.05) is 30.2 Å². The van der Waals surface area contributed by atoms with E-state index in [2.05, 4.69) is 46.8 Å². The summed E-state index contributed by atoms with van der Waals surface area (Å²) in [6.07, 6.45) is 12.0. The van der Waals surface area contributed by atoms with E-state index in [1.54, 1.807) is 0 Å². The minimum Gasteiger partial charge on any atom is -0.487 e. The normalized spacial score (nSPS) is 24.3. The molecule has 34 heavy (non-hydrogen) atoms. The van der Waals surface area contributed by atoms with Crippen LogP contribution in [0.4, 0.5) is 0 Å². The van der Waals surface area contributed by atoms with Gasteiger partial charge < -0.3 is 9.47 Å². The maximum atomic E-state index is 13.1. The largest absolute Gasteiger partial charge is 0.487 e. The number of benzene rings is 1. The predicted octanol–water partition coefficient (Wildman–Crippen LogP) is 7.65. The van der Waals surface area contributed by atoms with Crippen molar-refractivity contribution in [1.82, 2.24) is 0 Å². The van der Waals surface area contributed by atoms with Crippen molar-refractivity contribution in [3.8, 4) is 11.5 Å². The van der Waals surface area contributed by atoms with Crippen LogP contribution in [0.5, 0.6) is 11.5 Å². The van der Waals surface area contributed by atoms with E-state index in [1.807, 2.05) is 0 Å². The third kappa shape index (κ3) is 5.21. The van der Waals surface area contributed by atoms with E-state index in [-0.39, 0.29) is 34.7 Å². The summed E-state index contributed by atoms with van der Waals surface area (Å²) in [5.41, 5.74) is 1.71. The Kier molecular flexibility index (Phi) is 7.45. The lowest BCUT2D eigenvalue weighted by Crippen LogP contribution is -2.47. The lowest BCUT2D eigenvalue weighted by atomic mass is 9.66. The molecule has 0 N–H and O–H groups in total. The van der Waals surface area contributed by atoms with Crippen molar-refractivity contribution in [2.45, 2.75) is 129 Å². The van der Waals surface area contributed by atoms with Crippen molar-refractivity contribution in [3.05, 3.63) is 23.3 Å². The summed E-state index contributed by atoms with van der Waals surface area (Å²) < 4.78 is 12.8. The number of Topliss-reactive ketones (excluding diaryl/α,β-unsaturated/α-hetero) is 1. The van der Waals surface area contributed by atoms with Crippen molar-refractivity contribution in [2.24, 2.45) is 11.8 Å². The number of carbonyl (C=O) groups excluding carboxylic acids is 2. The van der Waals surface area contributed by atoms with Gasteiger partial charge in [0.25, 0.3) is 0 Å². The van der Waals surface area contributed by atoms with Gasteiger partial charge in [-0.1, -0.05) is 59.3 Å². The summed E-state index contributed by atoms with van der Waals surface area (Å²) >= 11 is 0. The molecule has 1 heterocycles. The molecular formula is C30H44O4. The molecule has 3 aliphatic rings. The van der Waals surface area contributed by atoms with E-state index in [9.17, 15) is 9.59 Å². The molecule has 0 bridgehead atoms. The van der Waals surface area contributed by atoms with Crippen LogP contribution in [0.1, 0.15) is 129 Å². The lowest BCUT2D eigenvalue weighted by Gasteiger charge is -2.47. The Morgan fingerprint density at radius 1 is 1.12 bits per heavy atom. The third-order valence-corrected chi connectivity index (χ3v) is 8.74. The van der Waals surface area contributed by atoms with Crippen LogP contribution in [0.25, 0.3) is 0 Å². The standard InChI is InChI=1S/C30H44O4/c1-6-7-8-11-16-29(2,3)21-17-25(33-28(32)20-12-9-10-13-20)27-23-19-22(31)14-15-24(23)30(4,5)34-26(27)18-21/h17-18,20,23-24H,6-16,19H2,1-5H3/t23-,24-/m1/s1. The zero-order valence-corrected chi connectivity index (χ0v) is 22.0. The number of hydrogen-bond donors (Lipinski definition) is 0. The summed E-state index contributed by atoms with van der Waals surface area (Å²) in [7, 11) is 0. The highest BCUT2D eigenvalue weighted by Gasteiger charge is 2.48. The molecule has 0 unspecified atom stereocenters. The van der Waals surface area contributed by atoms with Crippen molar-refractivity contribution in [2.75, 3.05) is 0 Å². The van der Waals surface area contributed by atoms with E-state index < -0.39 is 0 Å². The van der Waals surface area contributed by atoms with Crippen molar-refractivity contribution in [1.29, 1.82) is 0 Å². The van der Waals surface area contributed by atoms with Crippen LogP contribution in [0.3, 0.4) is 0 Å². The molecule has 0 spiro atoms. The first-order valence-electron chi connectivity index (χ1n) is 13.7. The maximum absolute atomic E-state index is 13.1. The zero-order valence-electron chi connectivity index (χ0n) is 22.0. The number of esters is 1. The molecule has 1 aliphatic heterocycles. The van der Waals surface area contributed by atoms with E-state index in [1.165, 1.54) is 25.7 Å². The average Bonchev–Trinajstić information content (AvgIpc) is 3.31. The zero-order chi connectivity index (χ0) is 24.5. The fourth-order valence-corrected chi connectivity index (χ4v) is 6.52. The molecule has 4 heteroatoms. The first-order valence-corrected chi connectivity index (χ1v) is 13.7. The molecule has 4 nitrogen and oxygen atoms in total. The summed E-state index contributed by atoms with van der Waals surface area (Å²) in [6.45, 7) is 11.1. The first-order chi connectivity index (χ1) is 16.1. The first kappa shape index (κ1) is 25.3. The lowest BCUT2D eigenvalue weighted by molar-refractivity contribution is -0.138. The van der Waals surface area contributed by atoms with Gasteiger partial charge in [0.2, 0.25) is 0 Å². The van der Waals surface area contributed by atoms with E-state index in [4.69, 9.17) is 9.47 Å². The molecule has 4 rings (SSSR count). The molecule has 2 atom stereocenters. The molecule has 0 saturated heterocycles. The van der Waals surface area contributed by atoms with Gasteiger partial charge in [-0.15, -0.1) is 0 Å². The maximum Gasteiger partial charge on any atom is 0.314 e. The highest BCUT2D eigenvalue weighted by molar-refractivity contribution is 5.81. The van der Waals surface area contributed by atoms with Gasteiger partial charge in [-0.2, -0.15) is 0 Å². The molecule has 1 aromatic carbocycles. The number of hydrogen-bond acceptors (Lipinski definition) is 4. The SMILES string of the molecule is CCCCCCC(C)(C)c1cc(OC(=O)C2CCCC2)c2c(c1)OC(C)(C)[C@@H]1CCC(=O)C[C@@H]21. The van der Waals surface area contributed by atoms with Crippen LogP contribution in [0, 0.1) is 11.8 Å². The highest BCUT2D eigenvalue weighted by Crippen LogP contribution is 2.55. The molecular weight excluding hydrogens is 424 g/mol. The second-order valence-corrected chi connectivity index (χ2v) is 12.2. The van der Waals surface area contributed by atoms with Crippen molar-refractivity contribution >= 4 is 11.8 Å². The fourth-order valence-electron chi connectivity index (χ4n) is 6.52. The monoisotopic (exact) mass is 468 g/mol. The quantitative estimate of drug-likeness (QED) is 0.223. The number of ketones is 1. The van der Waals surface area contributed by atoms with E-state index >= 15 is 0 Å². The van der Waals surface area contributed by atoms with E-state index in [0.29, 0.717) is 24.4 Å². The van der Waals surface area contributed by atoms with Gasteiger partial charge in [-0.3, -0.25) is 9.59 Å². The average molecular weight is 469 g/mol. The topological polar surface area (TPSA) is 52.6 Å². The van der Waals surface area contributed by atoms with Crippen LogP contribution in [-0.4, -0.2) is 17.4 Å². The summed E-state index contributed by atoms with van der Waals surface area (Å²) in [6, 6.07) is 4.28. The number of rotatable bonds is 8. The van der Waals surface area contributed by atoms with Gasteiger partial charge in [-0.05, 0) is 62.6 Å². The smallest absolute Gasteiger partial charge is 0.314 e. The molecule has 2 aliphatic carbocycles. The Labute approximate surface area is 206 Å². The molecule has 0 amide bonds. The molecule has 188 valence electrons. The van der Waals surface area contributed by atoms with Crippen LogP contribution in [-0.2, 0) is 15.0 Å². The number of fused-ring (bicyclic) bond motifs is 3. The third-order valence-electron chi connectivity index (χ3n) is 8.74. The van der Waals surface area contributed by atoms with Gasteiger partial charge >= 0.3 is 5.97 Å². The molecule has 2 fully saturated rings. The highest BCUT2D eigenvalue weighted by atomic mass is 16.5. The van der Waals surface area contributed by atoms with Crippen LogP contribution >= 0.6 is 0 Å². The molecule has 0 aromatic heterocycles. The Bertz CT molecular complexity index is 907. The number of unbranched alkanes of at least 4 members (excludes halogenated alkanes) is 3. The minimum absolute atomic E-state index is 0.00825. The Morgan fingerprint density at radius 2 is 1.85 bits per heavy atom. The summed E-state index contributed by atoms with van der Waals surface area (Å²) in [5.74, 6) is 1.94. The number of ether oxygens (including phenoxy) is 2. The fraction of sp³-hybridized carbons (Fsp3) is 0.733. The minimum atomic E-state index is -0.352. The molecule has 2 saturated carbocycles. The van der Waals surface area contributed by atoms with E-state index in [0.717, 1.165) is 55.4 Å². The van der Waals surface area contributed by atoms with Gasteiger partial charge in [0.1, 0.15) is 22.9 Å². The Morgan fingerprint density at radius 3 is 2.56 bits per heavy atom. The summed E-state index contributed by atoms with van der Waals surface area (Å²) in [4.78, 5) is 25.7.